The molecule has 4 rings (SSSR count). The normalized spacial score (nSPS) is 10.8. The molecule has 0 saturated heterocycles. The molecule has 0 atom stereocenters. The van der Waals surface area contributed by atoms with Gasteiger partial charge in [0.2, 0.25) is 17.6 Å². The first kappa shape index (κ1) is 24.7. The molecular weight excluding hydrogens is 460 g/mol. The molecule has 9 nitrogen and oxygen atoms in total. The Labute approximate surface area is 208 Å². The fourth-order valence-electron chi connectivity index (χ4n) is 3.65. The van der Waals surface area contributed by atoms with Gasteiger partial charge in [0.1, 0.15) is 6.61 Å². The summed E-state index contributed by atoms with van der Waals surface area (Å²) in [5, 5.41) is 15.0. The van der Waals surface area contributed by atoms with Crippen molar-refractivity contribution in [1.82, 2.24) is 15.0 Å². The second kappa shape index (κ2) is 12.4. The van der Waals surface area contributed by atoms with Crippen LogP contribution in [-0.4, -0.2) is 45.6 Å². The molecule has 0 N–H and O–H groups in total. The van der Waals surface area contributed by atoms with Gasteiger partial charge >= 0.3 is 0 Å². The molecule has 0 saturated carbocycles. The van der Waals surface area contributed by atoms with Crippen LogP contribution in [0, 0.1) is 10.1 Å². The number of nitro groups is 1. The summed E-state index contributed by atoms with van der Waals surface area (Å²) in [4.78, 5) is 29.6. The monoisotopic (exact) mass is 486 g/mol. The minimum absolute atomic E-state index is 0.0353. The maximum absolute atomic E-state index is 13.0. The summed E-state index contributed by atoms with van der Waals surface area (Å²) in [6, 6.07) is 25.7. The highest BCUT2D eigenvalue weighted by molar-refractivity contribution is 5.77. The fourth-order valence-corrected chi connectivity index (χ4v) is 3.65. The van der Waals surface area contributed by atoms with Gasteiger partial charge in [-0.15, -0.1) is 0 Å². The quantitative estimate of drug-likeness (QED) is 0.214. The molecule has 0 aliphatic heterocycles. The number of nitro benzene ring substituents is 1. The van der Waals surface area contributed by atoms with E-state index in [0.717, 1.165) is 11.1 Å². The van der Waals surface area contributed by atoms with E-state index in [2.05, 4.69) is 10.1 Å². The van der Waals surface area contributed by atoms with Gasteiger partial charge in [0.15, 0.2) is 0 Å². The van der Waals surface area contributed by atoms with Crippen LogP contribution in [0.1, 0.15) is 17.0 Å². The molecule has 4 aromatic rings. The van der Waals surface area contributed by atoms with Crippen LogP contribution in [0.4, 0.5) is 5.69 Å². The van der Waals surface area contributed by atoms with Crippen molar-refractivity contribution in [3.8, 4) is 11.4 Å². The van der Waals surface area contributed by atoms with Gasteiger partial charge in [-0.05, 0) is 17.5 Å². The number of benzene rings is 3. The van der Waals surface area contributed by atoms with E-state index >= 15 is 0 Å². The van der Waals surface area contributed by atoms with Crippen LogP contribution in [0.25, 0.3) is 11.4 Å². The number of carbonyl (C=O) groups excluding carboxylic acids is 1. The van der Waals surface area contributed by atoms with Crippen molar-refractivity contribution in [1.29, 1.82) is 0 Å². The number of hydrogen-bond acceptors (Lipinski definition) is 7. The lowest BCUT2D eigenvalue weighted by atomic mass is 10.1. The molecule has 1 heterocycles. The number of aromatic nitrogens is 2. The number of non-ortho nitro benzene ring substituents is 1. The van der Waals surface area contributed by atoms with Crippen LogP contribution in [0.5, 0.6) is 0 Å². The predicted octanol–water partition coefficient (Wildman–Crippen LogP) is 4.48. The summed E-state index contributed by atoms with van der Waals surface area (Å²) in [6.45, 7) is 1.21. The van der Waals surface area contributed by atoms with Crippen molar-refractivity contribution in [3.05, 3.63) is 112 Å². The molecule has 1 amide bonds. The number of carbonyl (C=O) groups is 1. The molecule has 0 spiro atoms. The molecule has 0 bridgehead atoms. The van der Waals surface area contributed by atoms with Crippen molar-refractivity contribution in [2.75, 3.05) is 19.7 Å². The number of amides is 1. The topological polar surface area (TPSA) is 112 Å². The fraction of sp³-hybridized carbons (Fsp3) is 0.222. The minimum atomic E-state index is -0.472. The Balaban J connectivity index is 1.38. The number of nitrogens with zero attached hydrogens (tertiary/aromatic N) is 4. The highest BCUT2D eigenvalue weighted by atomic mass is 16.6. The lowest BCUT2D eigenvalue weighted by Crippen LogP contribution is -2.37. The van der Waals surface area contributed by atoms with Crippen LogP contribution >= 0.6 is 0 Å². The van der Waals surface area contributed by atoms with Gasteiger partial charge in [0.05, 0.1) is 11.5 Å². The predicted molar refractivity (Wildman–Crippen MR) is 133 cm³/mol. The van der Waals surface area contributed by atoms with Crippen molar-refractivity contribution < 1.29 is 19.0 Å². The smallest absolute Gasteiger partial charge is 0.270 e. The second-order valence-corrected chi connectivity index (χ2v) is 8.16. The van der Waals surface area contributed by atoms with Gasteiger partial charge in [0.25, 0.3) is 5.69 Å². The average Bonchev–Trinajstić information content (AvgIpc) is 3.39. The van der Waals surface area contributed by atoms with Crippen LogP contribution < -0.4 is 0 Å². The Morgan fingerprint density at radius 3 is 2.33 bits per heavy atom. The zero-order valence-electron chi connectivity index (χ0n) is 19.7. The van der Waals surface area contributed by atoms with Crippen molar-refractivity contribution in [2.24, 2.45) is 0 Å². The Morgan fingerprint density at radius 2 is 1.61 bits per heavy atom. The van der Waals surface area contributed by atoms with Gasteiger partial charge in [-0.2, -0.15) is 4.98 Å². The summed E-state index contributed by atoms with van der Waals surface area (Å²) in [6.07, 6.45) is 1.05. The third-order valence-electron chi connectivity index (χ3n) is 5.58. The number of hydrogen-bond donors (Lipinski definition) is 0. The Bertz CT molecular complexity index is 1280. The molecule has 184 valence electrons. The molecular formula is C27H26N4O5. The molecule has 36 heavy (non-hydrogen) atoms. The Morgan fingerprint density at radius 1 is 0.917 bits per heavy atom. The van der Waals surface area contributed by atoms with E-state index in [1.807, 2.05) is 60.7 Å². The van der Waals surface area contributed by atoms with E-state index in [1.165, 1.54) is 12.1 Å². The largest absolute Gasteiger partial charge is 0.367 e. The molecule has 0 aliphatic rings. The minimum Gasteiger partial charge on any atom is -0.367 e. The Kier molecular flexibility index (Phi) is 8.50. The molecule has 9 heteroatoms. The van der Waals surface area contributed by atoms with Gasteiger partial charge in [-0.1, -0.05) is 78.0 Å². The molecule has 0 aliphatic carbocycles. The van der Waals surface area contributed by atoms with Gasteiger partial charge in [-0.25, -0.2) is 0 Å². The third kappa shape index (κ3) is 7.07. The van der Waals surface area contributed by atoms with Crippen LogP contribution in [0.3, 0.4) is 0 Å². The van der Waals surface area contributed by atoms with E-state index in [4.69, 9.17) is 9.26 Å². The van der Waals surface area contributed by atoms with E-state index in [-0.39, 0.29) is 24.0 Å². The first-order valence-corrected chi connectivity index (χ1v) is 11.6. The maximum Gasteiger partial charge on any atom is 0.270 e. The number of rotatable bonds is 12. The van der Waals surface area contributed by atoms with Gasteiger partial charge in [0, 0.05) is 37.2 Å². The third-order valence-corrected chi connectivity index (χ3v) is 5.58. The lowest BCUT2D eigenvalue weighted by Gasteiger charge is -2.22. The summed E-state index contributed by atoms with van der Waals surface area (Å²) >= 11 is 0. The molecule has 1 aromatic heterocycles. The summed E-state index contributed by atoms with van der Waals surface area (Å²) < 4.78 is 11.0. The SMILES string of the molecule is O=C(COCc1ccccc1)N(CCc1ccccc1)CCc1nc(-c2cccc([N+](=O)[O-])c2)no1. The first-order valence-electron chi connectivity index (χ1n) is 11.6. The number of ether oxygens (including phenoxy) is 1. The Hall–Kier alpha value is -4.37. The molecule has 0 fully saturated rings. The summed E-state index contributed by atoms with van der Waals surface area (Å²) in [5.41, 5.74) is 2.57. The summed E-state index contributed by atoms with van der Waals surface area (Å²) in [7, 11) is 0. The van der Waals surface area contributed by atoms with E-state index in [0.29, 0.717) is 44.0 Å². The molecule has 3 aromatic carbocycles. The van der Waals surface area contributed by atoms with Crippen molar-refractivity contribution in [3.63, 3.8) is 0 Å². The lowest BCUT2D eigenvalue weighted by molar-refractivity contribution is -0.384. The van der Waals surface area contributed by atoms with Crippen LogP contribution in [0.15, 0.2) is 89.5 Å². The second-order valence-electron chi connectivity index (χ2n) is 8.16. The summed E-state index contributed by atoms with van der Waals surface area (Å²) in [5.74, 6) is 0.488. The highest BCUT2D eigenvalue weighted by Crippen LogP contribution is 2.21. The molecule has 0 unspecified atom stereocenters. The highest BCUT2D eigenvalue weighted by Gasteiger charge is 2.17. The van der Waals surface area contributed by atoms with Crippen molar-refractivity contribution in [2.45, 2.75) is 19.4 Å². The van der Waals surface area contributed by atoms with E-state index in [9.17, 15) is 14.9 Å². The van der Waals surface area contributed by atoms with Crippen LogP contribution in [0.2, 0.25) is 0 Å². The van der Waals surface area contributed by atoms with E-state index < -0.39 is 4.92 Å². The van der Waals surface area contributed by atoms with Crippen molar-refractivity contribution >= 4 is 11.6 Å². The first-order chi connectivity index (χ1) is 17.6. The van der Waals surface area contributed by atoms with Crippen LogP contribution in [-0.2, 0) is 29.0 Å². The van der Waals surface area contributed by atoms with Gasteiger partial charge < -0.3 is 14.2 Å². The standard InChI is InChI=1S/C27H26N4O5/c32-26(20-35-19-22-10-5-2-6-11-22)30(16-14-21-8-3-1-4-9-21)17-15-25-28-27(29-36-25)23-12-7-13-24(18-23)31(33)34/h1-13,18H,14-17,19-20H2. The average molecular weight is 487 g/mol. The maximum atomic E-state index is 13.0. The zero-order chi connectivity index (χ0) is 25.2. The zero-order valence-corrected chi connectivity index (χ0v) is 19.7. The molecule has 0 radical (unpaired) electrons. The van der Waals surface area contributed by atoms with E-state index in [1.54, 1.807) is 17.0 Å². The van der Waals surface area contributed by atoms with Gasteiger partial charge in [-0.3, -0.25) is 14.9 Å².